The van der Waals surface area contributed by atoms with Crippen molar-refractivity contribution in [3.8, 4) is 11.5 Å². The molecule has 0 bridgehead atoms. The molecule has 1 N–H and O–H groups in total. The van der Waals surface area contributed by atoms with Gasteiger partial charge in [0.25, 0.3) is 0 Å². The van der Waals surface area contributed by atoms with Gasteiger partial charge in [0.1, 0.15) is 21.7 Å². The van der Waals surface area contributed by atoms with E-state index < -0.39 is 0 Å². The molecular formula is C18H15ClN2O3S. The first-order chi connectivity index (χ1) is 12.1. The first-order valence-electron chi connectivity index (χ1n) is 7.37. The summed E-state index contributed by atoms with van der Waals surface area (Å²) in [6, 6.07) is 10.9. The third kappa shape index (κ3) is 3.75. The molecule has 0 saturated heterocycles. The van der Waals surface area contributed by atoms with Gasteiger partial charge >= 0.3 is 0 Å². The molecule has 0 unspecified atom stereocenters. The Hall–Kier alpha value is -2.57. The average molecular weight is 375 g/mol. The molecule has 0 atom stereocenters. The Morgan fingerprint density at radius 2 is 1.88 bits per heavy atom. The number of anilines is 1. The van der Waals surface area contributed by atoms with Crippen molar-refractivity contribution in [1.82, 2.24) is 4.98 Å². The van der Waals surface area contributed by atoms with Gasteiger partial charge in [-0.25, -0.2) is 4.98 Å². The molecule has 0 fully saturated rings. The Labute approximate surface area is 153 Å². The molecule has 25 heavy (non-hydrogen) atoms. The minimum Gasteiger partial charge on any atom is -0.495 e. The van der Waals surface area contributed by atoms with Crippen molar-refractivity contribution < 1.29 is 14.3 Å². The molecule has 7 heteroatoms. The van der Waals surface area contributed by atoms with Crippen LogP contribution in [-0.2, 0) is 4.79 Å². The molecule has 3 aromatic rings. The number of aromatic nitrogens is 1. The van der Waals surface area contributed by atoms with E-state index in [4.69, 9.17) is 21.1 Å². The zero-order valence-corrected chi connectivity index (χ0v) is 15.1. The van der Waals surface area contributed by atoms with Gasteiger partial charge < -0.3 is 9.47 Å². The van der Waals surface area contributed by atoms with Gasteiger partial charge in [0.2, 0.25) is 5.91 Å². The highest BCUT2D eigenvalue weighted by molar-refractivity contribution is 7.22. The summed E-state index contributed by atoms with van der Waals surface area (Å²) >= 11 is 7.39. The normalized spacial score (nSPS) is 11.0. The predicted octanol–water partition coefficient (Wildman–Crippen LogP) is 4.62. The van der Waals surface area contributed by atoms with E-state index in [1.54, 1.807) is 32.4 Å². The minimum atomic E-state index is -0.295. The van der Waals surface area contributed by atoms with Gasteiger partial charge in [-0.2, -0.15) is 0 Å². The first kappa shape index (κ1) is 17.3. The predicted molar refractivity (Wildman–Crippen MR) is 102 cm³/mol. The molecule has 128 valence electrons. The highest BCUT2D eigenvalue weighted by Crippen LogP contribution is 2.38. The molecule has 0 aliphatic heterocycles. The maximum atomic E-state index is 12.1. The van der Waals surface area contributed by atoms with E-state index in [-0.39, 0.29) is 5.91 Å². The molecule has 0 saturated carbocycles. The topological polar surface area (TPSA) is 60.5 Å². The number of hydrogen-bond donors (Lipinski definition) is 1. The molecule has 2 aromatic carbocycles. The van der Waals surface area contributed by atoms with Crippen LogP contribution >= 0.6 is 22.9 Å². The van der Waals surface area contributed by atoms with Crippen molar-refractivity contribution in [3.05, 3.63) is 53.1 Å². The summed E-state index contributed by atoms with van der Waals surface area (Å²) in [6.07, 6.45) is 3.08. The fourth-order valence-corrected chi connectivity index (χ4v) is 3.44. The lowest BCUT2D eigenvalue weighted by atomic mass is 10.2. The van der Waals surface area contributed by atoms with Gasteiger partial charge in [-0.05, 0) is 29.8 Å². The molecule has 3 rings (SSSR count). The fourth-order valence-electron chi connectivity index (χ4n) is 2.26. The van der Waals surface area contributed by atoms with E-state index in [0.29, 0.717) is 27.2 Å². The summed E-state index contributed by atoms with van der Waals surface area (Å²) in [4.78, 5) is 16.6. The number of methoxy groups -OCH3 is 2. The third-order valence-electron chi connectivity index (χ3n) is 3.46. The first-order valence-corrected chi connectivity index (χ1v) is 8.57. The maximum absolute atomic E-state index is 12.1. The van der Waals surface area contributed by atoms with Crippen molar-refractivity contribution in [1.29, 1.82) is 0 Å². The van der Waals surface area contributed by atoms with Crippen LogP contribution in [-0.4, -0.2) is 25.1 Å². The van der Waals surface area contributed by atoms with Crippen molar-refractivity contribution in [2.24, 2.45) is 0 Å². The van der Waals surface area contributed by atoms with E-state index in [1.807, 2.05) is 24.3 Å². The van der Waals surface area contributed by atoms with Crippen molar-refractivity contribution in [2.45, 2.75) is 0 Å². The molecule has 1 heterocycles. The number of halogens is 1. The van der Waals surface area contributed by atoms with Crippen LogP contribution in [0.3, 0.4) is 0 Å². The van der Waals surface area contributed by atoms with Gasteiger partial charge in [-0.1, -0.05) is 41.1 Å². The summed E-state index contributed by atoms with van der Waals surface area (Å²) in [6.45, 7) is 0. The number of hydrogen-bond acceptors (Lipinski definition) is 5. The Morgan fingerprint density at radius 3 is 2.60 bits per heavy atom. The number of thiazole rings is 1. The minimum absolute atomic E-state index is 0.295. The second kappa shape index (κ2) is 7.55. The monoisotopic (exact) mass is 374 g/mol. The number of carbonyl (C=O) groups excluding carboxylic acids is 1. The highest BCUT2D eigenvalue weighted by atomic mass is 35.5. The van der Waals surface area contributed by atoms with Gasteiger partial charge in [0.15, 0.2) is 5.13 Å². The molecule has 0 radical (unpaired) electrons. The quantitative estimate of drug-likeness (QED) is 0.662. The summed E-state index contributed by atoms with van der Waals surface area (Å²) in [5.41, 5.74) is 1.42. The standard InChI is InChI=1S/C18H15ClN2O3S/c1-23-13-8-9-14(24-2)17-16(13)21-18(25-17)20-15(22)10-7-11-5-3-4-6-12(11)19/h3-10H,1-2H3,(H,20,21,22)/b10-7+. The van der Waals surface area contributed by atoms with Crippen LogP contribution in [0.25, 0.3) is 16.3 Å². The van der Waals surface area contributed by atoms with Crippen LogP contribution in [0.2, 0.25) is 5.02 Å². The number of rotatable bonds is 5. The van der Waals surface area contributed by atoms with Crippen LogP contribution in [0.1, 0.15) is 5.56 Å². The van der Waals surface area contributed by atoms with Crippen molar-refractivity contribution in [2.75, 3.05) is 19.5 Å². The fraction of sp³-hybridized carbons (Fsp3) is 0.111. The Balaban J connectivity index is 1.83. The Kier molecular flexibility index (Phi) is 5.21. The molecule has 0 aliphatic rings. The van der Waals surface area contributed by atoms with Crippen LogP contribution in [0, 0.1) is 0 Å². The summed E-state index contributed by atoms with van der Waals surface area (Å²) < 4.78 is 11.5. The van der Waals surface area contributed by atoms with Crippen molar-refractivity contribution in [3.63, 3.8) is 0 Å². The average Bonchev–Trinajstić information content (AvgIpc) is 3.03. The number of benzene rings is 2. The summed E-state index contributed by atoms with van der Waals surface area (Å²) in [5.74, 6) is 1.01. The zero-order chi connectivity index (χ0) is 17.8. The molecule has 5 nitrogen and oxygen atoms in total. The van der Waals surface area contributed by atoms with Crippen LogP contribution < -0.4 is 14.8 Å². The number of nitrogens with one attached hydrogen (secondary N) is 1. The smallest absolute Gasteiger partial charge is 0.250 e. The molecule has 1 amide bonds. The van der Waals surface area contributed by atoms with Crippen molar-refractivity contribution >= 4 is 50.3 Å². The van der Waals surface area contributed by atoms with E-state index in [1.165, 1.54) is 17.4 Å². The number of ether oxygens (including phenoxy) is 2. The van der Waals surface area contributed by atoms with E-state index >= 15 is 0 Å². The van der Waals surface area contributed by atoms with E-state index in [9.17, 15) is 4.79 Å². The summed E-state index contributed by atoms with van der Waals surface area (Å²) in [7, 11) is 3.16. The van der Waals surface area contributed by atoms with Crippen LogP contribution in [0.5, 0.6) is 11.5 Å². The summed E-state index contributed by atoms with van der Waals surface area (Å²) in [5, 5.41) is 3.80. The number of carbonyl (C=O) groups is 1. The Morgan fingerprint density at radius 1 is 1.16 bits per heavy atom. The number of nitrogens with zero attached hydrogens (tertiary/aromatic N) is 1. The number of fused-ring (bicyclic) bond motifs is 1. The highest BCUT2D eigenvalue weighted by Gasteiger charge is 2.14. The second-order valence-corrected chi connectivity index (χ2v) is 6.42. The SMILES string of the molecule is COc1ccc(OC)c2sc(NC(=O)/C=C/c3ccccc3Cl)nc12. The van der Waals surface area contributed by atoms with Gasteiger partial charge in [-0.15, -0.1) is 0 Å². The van der Waals surface area contributed by atoms with Gasteiger partial charge in [0, 0.05) is 11.1 Å². The second-order valence-electron chi connectivity index (χ2n) is 5.01. The van der Waals surface area contributed by atoms with Crippen LogP contribution in [0.4, 0.5) is 5.13 Å². The largest absolute Gasteiger partial charge is 0.495 e. The zero-order valence-electron chi connectivity index (χ0n) is 13.6. The molecular weight excluding hydrogens is 360 g/mol. The molecule has 0 spiro atoms. The van der Waals surface area contributed by atoms with E-state index in [2.05, 4.69) is 10.3 Å². The molecule has 1 aromatic heterocycles. The Bertz CT molecular complexity index is 912. The molecule has 0 aliphatic carbocycles. The lowest BCUT2D eigenvalue weighted by Crippen LogP contribution is -2.07. The lowest BCUT2D eigenvalue weighted by molar-refractivity contribution is -0.111. The number of amides is 1. The lowest BCUT2D eigenvalue weighted by Gasteiger charge is -2.03. The van der Waals surface area contributed by atoms with Gasteiger partial charge in [-0.3, -0.25) is 10.1 Å². The van der Waals surface area contributed by atoms with Gasteiger partial charge in [0.05, 0.1) is 14.2 Å². The van der Waals surface area contributed by atoms with E-state index in [0.717, 1.165) is 10.3 Å². The third-order valence-corrected chi connectivity index (χ3v) is 4.79. The maximum Gasteiger partial charge on any atom is 0.250 e. The van der Waals surface area contributed by atoms with Crippen LogP contribution in [0.15, 0.2) is 42.5 Å².